The monoisotopic (exact) mass is 129 g/mol. The molecular weight excluding hydrogens is 118 g/mol. The number of hydrogen-bond donors (Lipinski definition) is 3. The molecule has 0 bridgehead atoms. The quantitative estimate of drug-likeness (QED) is 0.433. The summed E-state index contributed by atoms with van der Waals surface area (Å²) in [6.45, 7) is 3.94. The van der Waals surface area contributed by atoms with E-state index in [0.29, 0.717) is 12.2 Å². The number of nitrogens with two attached hydrogens (primary N) is 2. The maximum Gasteiger partial charge on any atom is 0.236 e. The number of rotatable bonds is 4. The molecular formula is C5H11N3O. The van der Waals surface area contributed by atoms with Gasteiger partial charge in [-0.15, -0.1) is 0 Å². The summed E-state index contributed by atoms with van der Waals surface area (Å²) in [5, 5.41) is 2.64. The first-order chi connectivity index (χ1) is 4.16. The van der Waals surface area contributed by atoms with E-state index in [2.05, 4.69) is 11.9 Å². The van der Waals surface area contributed by atoms with Gasteiger partial charge in [0.15, 0.2) is 0 Å². The zero-order valence-corrected chi connectivity index (χ0v) is 5.18. The number of hydrogen-bond acceptors (Lipinski definition) is 3. The van der Waals surface area contributed by atoms with Crippen LogP contribution in [0.4, 0.5) is 0 Å². The molecule has 0 heterocycles. The van der Waals surface area contributed by atoms with E-state index in [0.717, 1.165) is 0 Å². The second-order valence-electron chi connectivity index (χ2n) is 1.63. The van der Waals surface area contributed by atoms with Gasteiger partial charge in [-0.1, -0.05) is 6.58 Å². The molecule has 0 aromatic rings. The normalized spacial score (nSPS) is 8.56. The third-order valence-corrected chi connectivity index (χ3v) is 0.759. The molecule has 4 nitrogen and oxygen atoms in total. The molecule has 1 amide bonds. The average Bonchev–Trinajstić information content (AvgIpc) is 1.83. The summed E-state index contributed by atoms with van der Waals surface area (Å²) in [7, 11) is 0. The van der Waals surface area contributed by atoms with Gasteiger partial charge in [-0.25, -0.2) is 0 Å². The third kappa shape index (κ3) is 4.83. The van der Waals surface area contributed by atoms with Crippen LogP contribution in [0.15, 0.2) is 12.3 Å². The van der Waals surface area contributed by atoms with Crippen molar-refractivity contribution in [1.29, 1.82) is 0 Å². The highest BCUT2D eigenvalue weighted by molar-refractivity contribution is 5.76. The number of amides is 1. The van der Waals surface area contributed by atoms with Gasteiger partial charge >= 0.3 is 0 Å². The predicted octanol–water partition coefficient (Wildman–Crippen LogP) is -1.47. The Hall–Kier alpha value is -1.03. The largest absolute Gasteiger partial charge is 0.379 e. The minimum Gasteiger partial charge on any atom is -0.379 e. The first-order valence-electron chi connectivity index (χ1n) is 2.57. The lowest BCUT2D eigenvalue weighted by atomic mass is 10.5. The van der Waals surface area contributed by atoms with Crippen LogP contribution in [0.25, 0.3) is 0 Å². The molecule has 52 valence electrons. The van der Waals surface area contributed by atoms with E-state index in [1.165, 1.54) is 0 Å². The van der Waals surface area contributed by atoms with Gasteiger partial charge in [0, 0.05) is 12.2 Å². The second-order valence-corrected chi connectivity index (χ2v) is 1.63. The first-order valence-corrected chi connectivity index (χ1v) is 2.57. The molecule has 0 fully saturated rings. The van der Waals surface area contributed by atoms with Crippen LogP contribution in [0.3, 0.4) is 0 Å². The second kappa shape index (κ2) is 3.91. The highest BCUT2D eigenvalue weighted by Crippen LogP contribution is 1.73. The molecule has 5 N–H and O–H groups in total. The highest BCUT2D eigenvalue weighted by Gasteiger charge is 1.91. The summed E-state index contributed by atoms with van der Waals surface area (Å²) in [5.41, 5.74) is 10.6. The topological polar surface area (TPSA) is 81.1 Å². The summed E-state index contributed by atoms with van der Waals surface area (Å²) >= 11 is 0. The van der Waals surface area contributed by atoms with Crippen molar-refractivity contribution in [3.05, 3.63) is 12.3 Å². The molecule has 4 heteroatoms. The van der Waals surface area contributed by atoms with E-state index in [4.69, 9.17) is 11.5 Å². The Morgan fingerprint density at radius 2 is 2.22 bits per heavy atom. The van der Waals surface area contributed by atoms with E-state index in [1.54, 1.807) is 0 Å². The van der Waals surface area contributed by atoms with Crippen molar-refractivity contribution in [1.82, 2.24) is 5.32 Å². The molecule has 9 heavy (non-hydrogen) atoms. The van der Waals surface area contributed by atoms with E-state index in [-0.39, 0.29) is 6.54 Å². The molecule has 0 radical (unpaired) electrons. The molecule has 0 saturated carbocycles. The molecule has 0 rings (SSSR count). The van der Waals surface area contributed by atoms with Crippen LogP contribution in [0, 0.1) is 0 Å². The zero-order valence-electron chi connectivity index (χ0n) is 5.18. The van der Waals surface area contributed by atoms with Crippen LogP contribution in [-0.4, -0.2) is 19.0 Å². The Morgan fingerprint density at radius 3 is 2.56 bits per heavy atom. The lowest BCUT2D eigenvalue weighted by Gasteiger charge is -2.02. The van der Waals surface area contributed by atoms with Crippen molar-refractivity contribution in [3.63, 3.8) is 0 Å². The number of carbonyl (C=O) groups excluding carboxylic acids is 1. The Morgan fingerprint density at radius 1 is 1.67 bits per heavy atom. The number of carbonyl (C=O) groups is 1. The van der Waals surface area contributed by atoms with Gasteiger partial charge in [0.2, 0.25) is 5.91 Å². The minimum absolute atomic E-state index is 0.107. The van der Waals surface area contributed by atoms with Crippen LogP contribution in [0.1, 0.15) is 0 Å². The Balaban J connectivity index is 3.28. The summed E-state index contributed by atoms with van der Waals surface area (Å²) in [6.07, 6.45) is 0. The highest BCUT2D eigenvalue weighted by atomic mass is 16.1. The summed E-state index contributed by atoms with van der Waals surface area (Å²) < 4.78 is 0. The SMILES string of the molecule is C=C(CN)NCC(N)=O. The first kappa shape index (κ1) is 7.97. The summed E-state index contributed by atoms with van der Waals surface area (Å²) in [4.78, 5) is 10.1. The van der Waals surface area contributed by atoms with Crippen molar-refractivity contribution >= 4 is 5.91 Å². The van der Waals surface area contributed by atoms with Crippen molar-refractivity contribution in [3.8, 4) is 0 Å². The van der Waals surface area contributed by atoms with Gasteiger partial charge in [-0.05, 0) is 0 Å². The summed E-state index contributed by atoms with van der Waals surface area (Å²) in [6, 6.07) is 0. The number of nitrogens with one attached hydrogen (secondary N) is 1. The van der Waals surface area contributed by atoms with Crippen LogP contribution in [0.5, 0.6) is 0 Å². The van der Waals surface area contributed by atoms with E-state index < -0.39 is 5.91 Å². The fraction of sp³-hybridized carbons (Fsp3) is 0.400. The van der Waals surface area contributed by atoms with Gasteiger partial charge in [-0.3, -0.25) is 4.79 Å². The average molecular weight is 129 g/mol. The zero-order chi connectivity index (χ0) is 7.28. The van der Waals surface area contributed by atoms with Gasteiger partial charge < -0.3 is 16.8 Å². The lowest BCUT2D eigenvalue weighted by molar-refractivity contribution is -0.117. The summed E-state index contributed by atoms with van der Waals surface area (Å²) in [5.74, 6) is -0.412. The van der Waals surface area contributed by atoms with Crippen molar-refractivity contribution in [2.75, 3.05) is 13.1 Å². The van der Waals surface area contributed by atoms with E-state index in [1.807, 2.05) is 0 Å². The maximum absolute atomic E-state index is 10.1. The molecule has 0 spiro atoms. The van der Waals surface area contributed by atoms with Gasteiger partial charge in [-0.2, -0.15) is 0 Å². The van der Waals surface area contributed by atoms with E-state index >= 15 is 0 Å². The molecule has 0 saturated heterocycles. The lowest BCUT2D eigenvalue weighted by Crippen LogP contribution is -2.30. The van der Waals surface area contributed by atoms with Crippen LogP contribution in [0.2, 0.25) is 0 Å². The molecule has 0 aliphatic carbocycles. The van der Waals surface area contributed by atoms with Crippen molar-refractivity contribution in [2.24, 2.45) is 11.5 Å². The van der Waals surface area contributed by atoms with E-state index in [9.17, 15) is 4.79 Å². The molecule has 0 atom stereocenters. The van der Waals surface area contributed by atoms with Crippen LogP contribution >= 0.6 is 0 Å². The van der Waals surface area contributed by atoms with Crippen LogP contribution in [-0.2, 0) is 4.79 Å². The van der Waals surface area contributed by atoms with Crippen LogP contribution < -0.4 is 16.8 Å². The Labute approximate surface area is 53.9 Å². The fourth-order valence-corrected chi connectivity index (χ4v) is 0.284. The molecule has 0 aliphatic heterocycles. The van der Waals surface area contributed by atoms with Crippen molar-refractivity contribution < 1.29 is 4.79 Å². The molecule has 0 aliphatic rings. The minimum atomic E-state index is -0.412. The fourth-order valence-electron chi connectivity index (χ4n) is 0.284. The standard InChI is InChI=1S/C5H11N3O/c1-4(2-6)8-3-5(7)9/h8H,1-3,6H2,(H2,7,9). The maximum atomic E-state index is 10.1. The molecule has 0 aromatic carbocycles. The third-order valence-electron chi connectivity index (χ3n) is 0.759. The van der Waals surface area contributed by atoms with Gasteiger partial charge in [0.05, 0.1) is 6.54 Å². The number of primary amides is 1. The molecule has 0 unspecified atom stereocenters. The van der Waals surface area contributed by atoms with Gasteiger partial charge in [0.25, 0.3) is 0 Å². The Kier molecular flexibility index (Phi) is 3.46. The van der Waals surface area contributed by atoms with Crippen molar-refractivity contribution in [2.45, 2.75) is 0 Å². The Bertz CT molecular complexity index is 121. The van der Waals surface area contributed by atoms with Gasteiger partial charge in [0.1, 0.15) is 0 Å². The molecule has 0 aromatic heterocycles. The smallest absolute Gasteiger partial charge is 0.236 e. The predicted molar refractivity (Wildman–Crippen MR) is 35.4 cm³/mol.